The molecule has 0 spiro atoms. The smallest absolute Gasteiger partial charge is 0.124 e. The van der Waals surface area contributed by atoms with Crippen LogP contribution in [0.1, 0.15) is 48.1 Å². The van der Waals surface area contributed by atoms with Crippen LogP contribution in [0, 0.1) is 6.92 Å². The quantitative estimate of drug-likeness (QED) is 0.385. The molecule has 154 valence electrons. The molecular weight excluding hydrogens is 401 g/mol. The van der Waals surface area contributed by atoms with Gasteiger partial charge in [-0.25, -0.2) is 0 Å². The van der Waals surface area contributed by atoms with Crippen LogP contribution in [0.15, 0.2) is 72.8 Å². The summed E-state index contributed by atoms with van der Waals surface area (Å²) in [5, 5.41) is 4.42. The topological polar surface area (TPSA) is 21.3 Å². The van der Waals surface area contributed by atoms with Gasteiger partial charge in [-0.2, -0.15) is 0 Å². The Bertz CT molecular complexity index is 866. The van der Waals surface area contributed by atoms with Crippen LogP contribution in [0.2, 0.25) is 5.02 Å². The van der Waals surface area contributed by atoms with Gasteiger partial charge in [-0.3, -0.25) is 0 Å². The van der Waals surface area contributed by atoms with Gasteiger partial charge in [0.05, 0.1) is 0 Å². The van der Waals surface area contributed by atoms with Crippen molar-refractivity contribution in [2.45, 2.75) is 45.9 Å². The van der Waals surface area contributed by atoms with Crippen molar-refractivity contribution in [3.8, 4) is 5.75 Å². The zero-order valence-corrected chi connectivity index (χ0v) is 18.6. The van der Waals surface area contributed by atoms with Crippen molar-refractivity contribution >= 4 is 24.0 Å². The lowest BCUT2D eigenvalue weighted by molar-refractivity contribution is 0.301. The Morgan fingerprint density at radius 2 is 1.69 bits per heavy atom. The average Bonchev–Trinajstić information content (AvgIpc) is 2.72. The maximum Gasteiger partial charge on any atom is 0.124 e. The molecule has 1 atom stereocenters. The van der Waals surface area contributed by atoms with Gasteiger partial charge in [-0.05, 0) is 42.7 Å². The van der Waals surface area contributed by atoms with E-state index in [2.05, 4.69) is 73.8 Å². The highest BCUT2D eigenvalue weighted by Crippen LogP contribution is 2.26. The highest BCUT2D eigenvalue weighted by Gasteiger charge is 2.12. The number of rotatable bonds is 9. The van der Waals surface area contributed by atoms with Crippen LogP contribution in [0.4, 0.5) is 0 Å². The molecule has 0 amide bonds. The van der Waals surface area contributed by atoms with Crippen molar-refractivity contribution in [1.82, 2.24) is 5.32 Å². The Kier molecular flexibility index (Phi) is 9.53. The molecule has 2 nitrogen and oxygen atoms in total. The van der Waals surface area contributed by atoms with Gasteiger partial charge in [0.15, 0.2) is 0 Å². The summed E-state index contributed by atoms with van der Waals surface area (Å²) in [6.07, 6.45) is 2.21. The van der Waals surface area contributed by atoms with Gasteiger partial charge >= 0.3 is 0 Å². The average molecular weight is 430 g/mol. The molecule has 3 aromatic carbocycles. The van der Waals surface area contributed by atoms with E-state index in [1.165, 1.54) is 11.1 Å². The van der Waals surface area contributed by atoms with Gasteiger partial charge < -0.3 is 10.1 Å². The number of nitrogens with one attached hydrogen (secondary N) is 1. The van der Waals surface area contributed by atoms with E-state index in [4.69, 9.17) is 16.3 Å². The van der Waals surface area contributed by atoms with E-state index >= 15 is 0 Å². The summed E-state index contributed by atoms with van der Waals surface area (Å²) in [6, 6.07) is 25.2. The molecule has 1 N–H and O–H groups in total. The zero-order chi connectivity index (χ0) is 19.8. The van der Waals surface area contributed by atoms with Gasteiger partial charge in [0, 0.05) is 23.2 Å². The predicted octanol–water partition coefficient (Wildman–Crippen LogP) is 7.28. The van der Waals surface area contributed by atoms with E-state index in [1.54, 1.807) is 0 Å². The molecule has 3 rings (SSSR count). The van der Waals surface area contributed by atoms with Crippen molar-refractivity contribution in [1.29, 1.82) is 0 Å². The number of aryl methyl sites for hydroxylation is 1. The van der Waals surface area contributed by atoms with Gasteiger partial charge in [-0.15, -0.1) is 12.4 Å². The fourth-order valence-corrected chi connectivity index (χ4v) is 3.46. The normalized spacial score (nSPS) is 11.6. The van der Waals surface area contributed by atoms with E-state index in [1.807, 2.05) is 18.2 Å². The lowest BCUT2D eigenvalue weighted by Crippen LogP contribution is -2.21. The maximum absolute atomic E-state index is 6.26. The molecule has 0 saturated heterocycles. The Balaban J connectivity index is 0.00000300. The summed E-state index contributed by atoms with van der Waals surface area (Å²) in [7, 11) is 0. The summed E-state index contributed by atoms with van der Waals surface area (Å²) in [5.74, 6) is 0.876. The molecule has 0 heterocycles. The third-order valence-electron chi connectivity index (χ3n) is 4.86. The van der Waals surface area contributed by atoms with Crippen LogP contribution >= 0.6 is 24.0 Å². The van der Waals surface area contributed by atoms with Crippen LogP contribution in [0.3, 0.4) is 0 Å². The largest absolute Gasteiger partial charge is 0.489 e. The van der Waals surface area contributed by atoms with Crippen molar-refractivity contribution in [3.05, 3.63) is 100 Å². The third-order valence-corrected chi connectivity index (χ3v) is 5.09. The van der Waals surface area contributed by atoms with Gasteiger partial charge in [0.25, 0.3) is 0 Å². The first-order valence-corrected chi connectivity index (χ1v) is 10.3. The zero-order valence-electron chi connectivity index (χ0n) is 17.0. The van der Waals surface area contributed by atoms with Crippen molar-refractivity contribution in [2.75, 3.05) is 0 Å². The lowest BCUT2D eigenvalue weighted by atomic mass is 10.0. The molecule has 0 aromatic heterocycles. The van der Waals surface area contributed by atoms with E-state index in [0.717, 1.165) is 34.7 Å². The van der Waals surface area contributed by atoms with E-state index < -0.39 is 0 Å². The first-order chi connectivity index (χ1) is 13.7. The maximum atomic E-state index is 6.26. The Hall–Kier alpha value is -2.00. The molecule has 0 radical (unpaired) electrons. The molecule has 4 heteroatoms. The molecule has 29 heavy (non-hydrogen) atoms. The minimum absolute atomic E-state index is 0. The first-order valence-electron chi connectivity index (χ1n) is 9.91. The second-order valence-corrected chi connectivity index (χ2v) is 7.60. The standard InChI is InChI=1S/C25H28ClNO.ClH/c1-3-7-24(21-8-5-4-6-9-21)27-17-22-16-23(26)14-15-25(22)28-18-20-12-10-19(2)11-13-20;/h4-6,8-16,24,27H,3,7,17-18H2,1-2H3;1H. The highest BCUT2D eigenvalue weighted by atomic mass is 35.5. The molecule has 1 unspecified atom stereocenters. The van der Waals surface area contributed by atoms with Gasteiger partial charge in [0.2, 0.25) is 0 Å². The molecule has 0 saturated carbocycles. The number of hydrogen-bond donors (Lipinski definition) is 1. The summed E-state index contributed by atoms with van der Waals surface area (Å²) in [4.78, 5) is 0. The minimum atomic E-state index is 0. The number of benzene rings is 3. The van der Waals surface area contributed by atoms with Crippen molar-refractivity contribution in [2.24, 2.45) is 0 Å². The van der Waals surface area contributed by atoms with Crippen molar-refractivity contribution < 1.29 is 4.74 Å². The molecule has 0 aliphatic rings. The van der Waals surface area contributed by atoms with E-state index in [9.17, 15) is 0 Å². The van der Waals surface area contributed by atoms with Gasteiger partial charge in [0.1, 0.15) is 12.4 Å². The van der Waals surface area contributed by atoms with Crippen LogP contribution in [0.25, 0.3) is 0 Å². The Morgan fingerprint density at radius 3 is 2.38 bits per heavy atom. The molecule has 0 aliphatic heterocycles. The van der Waals surface area contributed by atoms with Crippen LogP contribution in [0.5, 0.6) is 5.75 Å². The number of hydrogen-bond acceptors (Lipinski definition) is 2. The second-order valence-electron chi connectivity index (χ2n) is 7.16. The third kappa shape index (κ3) is 7.08. The minimum Gasteiger partial charge on any atom is -0.489 e. The van der Waals surface area contributed by atoms with Crippen LogP contribution in [-0.2, 0) is 13.2 Å². The molecule has 0 aliphatic carbocycles. The Labute approximate surface area is 185 Å². The highest BCUT2D eigenvalue weighted by molar-refractivity contribution is 6.30. The monoisotopic (exact) mass is 429 g/mol. The lowest BCUT2D eigenvalue weighted by Gasteiger charge is -2.20. The Morgan fingerprint density at radius 1 is 0.966 bits per heavy atom. The fraction of sp³-hybridized carbons (Fsp3) is 0.280. The summed E-state index contributed by atoms with van der Waals surface area (Å²) >= 11 is 6.26. The van der Waals surface area contributed by atoms with Crippen LogP contribution in [-0.4, -0.2) is 0 Å². The van der Waals surface area contributed by atoms with Crippen molar-refractivity contribution in [3.63, 3.8) is 0 Å². The van der Waals surface area contributed by atoms with E-state index in [-0.39, 0.29) is 12.4 Å². The molecular formula is C25H29Cl2NO. The summed E-state index contributed by atoms with van der Waals surface area (Å²) in [5.41, 5.74) is 4.81. The number of halogens is 2. The van der Waals surface area contributed by atoms with Gasteiger partial charge in [-0.1, -0.05) is 85.1 Å². The molecule has 3 aromatic rings. The van der Waals surface area contributed by atoms with E-state index in [0.29, 0.717) is 19.2 Å². The molecule has 0 bridgehead atoms. The fourth-order valence-electron chi connectivity index (χ4n) is 3.27. The molecule has 0 fully saturated rings. The predicted molar refractivity (Wildman–Crippen MR) is 125 cm³/mol. The SMILES string of the molecule is CCCC(NCc1cc(Cl)ccc1OCc1ccc(C)cc1)c1ccccc1.Cl. The summed E-state index contributed by atoms with van der Waals surface area (Å²) < 4.78 is 6.12. The number of ether oxygens (including phenoxy) is 1. The first kappa shape index (κ1) is 23.3. The van der Waals surface area contributed by atoms with Crippen LogP contribution < -0.4 is 10.1 Å². The summed E-state index contributed by atoms with van der Waals surface area (Å²) in [6.45, 7) is 5.57. The second kappa shape index (κ2) is 11.9.